The van der Waals surface area contributed by atoms with Crippen molar-refractivity contribution in [1.82, 2.24) is 0 Å². The first-order valence-corrected chi connectivity index (χ1v) is 5.70. The van der Waals surface area contributed by atoms with Crippen molar-refractivity contribution in [3.8, 4) is 0 Å². The van der Waals surface area contributed by atoms with Crippen molar-refractivity contribution < 1.29 is 0 Å². The van der Waals surface area contributed by atoms with Gasteiger partial charge in [-0.25, -0.2) is 0 Å². The summed E-state index contributed by atoms with van der Waals surface area (Å²) in [6.07, 6.45) is 0. The third kappa shape index (κ3) is 2.19. The molecule has 0 fully saturated rings. The Kier molecular flexibility index (Phi) is 3.04. The van der Waals surface area contributed by atoms with Crippen LogP contribution in [0.5, 0.6) is 0 Å². The Bertz CT molecular complexity index is 422. The first-order chi connectivity index (χ1) is 7.31. The average Bonchev–Trinajstić information content (AvgIpc) is 2.78. The molecule has 3 heteroatoms. The molecule has 0 unspecified atom stereocenters. The van der Waals surface area contributed by atoms with Gasteiger partial charge in [-0.2, -0.15) is 0 Å². The number of para-hydroxylation sites is 1. The molecule has 2 aromatic rings. The summed E-state index contributed by atoms with van der Waals surface area (Å²) >= 11 is 1.74. The van der Waals surface area contributed by atoms with Crippen molar-refractivity contribution >= 4 is 22.0 Å². The van der Waals surface area contributed by atoms with Gasteiger partial charge >= 0.3 is 0 Å². The maximum absolute atomic E-state index is 5.59. The molecule has 2 rings (SSSR count). The minimum atomic E-state index is 0.618. The van der Waals surface area contributed by atoms with Gasteiger partial charge in [0.15, 0.2) is 0 Å². The highest BCUT2D eigenvalue weighted by atomic mass is 32.1. The lowest BCUT2D eigenvalue weighted by Gasteiger charge is -2.16. The monoisotopic (exact) mass is 218 g/mol. The van der Waals surface area contributed by atoms with Crippen molar-refractivity contribution in [2.24, 2.45) is 5.73 Å². The summed E-state index contributed by atoms with van der Waals surface area (Å²) < 4.78 is 0. The van der Waals surface area contributed by atoms with Crippen LogP contribution in [0.2, 0.25) is 0 Å². The van der Waals surface area contributed by atoms with Crippen LogP contribution in [0, 0.1) is 0 Å². The summed E-state index contributed by atoms with van der Waals surface area (Å²) in [5.41, 5.74) is 6.79. The highest BCUT2D eigenvalue weighted by Gasteiger charge is 2.05. The molecule has 0 atom stereocenters. The van der Waals surface area contributed by atoms with Crippen LogP contribution < -0.4 is 10.6 Å². The number of nitrogens with two attached hydrogens (primary N) is 1. The summed E-state index contributed by atoms with van der Waals surface area (Å²) in [5, 5.41) is 1.22. The largest absolute Gasteiger partial charge is 0.336 e. The van der Waals surface area contributed by atoms with Crippen LogP contribution in [0.3, 0.4) is 0 Å². The van der Waals surface area contributed by atoms with Crippen LogP contribution in [0.1, 0.15) is 4.88 Å². The van der Waals surface area contributed by atoms with Crippen molar-refractivity contribution in [1.29, 1.82) is 0 Å². The molecule has 1 heterocycles. The fourth-order valence-electron chi connectivity index (χ4n) is 1.44. The first-order valence-electron chi connectivity index (χ1n) is 4.89. The maximum atomic E-state index is 5.59. The van der Waals surface area contributed by atoms with Crippen molar-refractivity contribution in [2.75, 3.05) is 11.9 Å². The molecule has 0 aliphatic heterocycles. The SMILES string of the molecule is CN(c1ccccc1)c1ccc(CN)s1. The Morgan fingerprint density at radius 2 is 1.87 bits per heavy atom. The zero-order chi connectivity index (χ0) is 10.7. The quantitative estimate of drug-likeness (QED) is 0.858. The number of hydrogen-bond acceptors (Lipinski definition) is 3. The van der Waals surface area contributed by atoms with E-state index in [1.165, 1.54) is 15.6 Å². The molecule has 0 bridgehead atoms. The number of benzene rings is 1. The average molecular weight is 218 g/mol. The second kappa shape index (κ2) is 4.47. The molecule has 0 amide bonds. The topological polar surface area (TPSA) is 29.3 Å². The zero-order valence-electron chi connectivity index (χ0n) is 8.68. The molecule has 2 nitrogen and oxygen atoms in total. The van der Waals surface area contributed by atoms with Crippen LogP contribution in [-0.4, -0.2) is 7.05 Å². The van der Waals surface area contributed by atoms with Crippen LogP contribution in [0.4, 0.5) is 10.7 Å². The van der Waals surface area contributed by atoms with Gasteiger partial charge in [-0.05, 0) is 24.3 Å². The van der Waals surface area contributed by atoms with Gasteiger partial charge in [0, 0.05) is 24.2 Å². The predicted molar refractivity (Wildman–Crippen MR) is 66.7 cm³/mol. The van der Waals surface area contributed by atoms with E-state index < -0.39 is 0 Å². The predicted octanol–water partition coefficient (Wildman–Crippen LogP) is 2.97. The molecule has 15 heavy (non-hydrogen) atoms. The fourth-order valence-corrected chi connectivity index (χ4v) is 2.30. The van der Waals surface area contributed by atoms with Crippen LogP contribution >= 0.6 is 11.3 Å². The lowest BCUT2D eigenvalue weighted by molar-refractivity contribution is 1.11. The van der Waals surface area contributed by atoms with Gasteiger partial charge < -0.3 is 10.6 Å². The van der Waals surface area contributed by atoms with Gasteiger partial charge in [-0.1, -0.05) is 18.2 Å². The molecule has 0 saturated heterocycles. The summed E-state index contributed by atoms with van der Waals surface area (Å²) in [7, 11) is 2.07. The van der Waals surface area contributed by atoms with E-state index >= 15 is 0 Å². The second-order valence-corrected chi connectivity index (χ2v) is 4.49. The van der Waals surface area contributed by atoms with Crippen molar-refractivity contribution in [3.63, 3.8) is 0 Å². The smallest absolute Gasteiger partial charge is 0.0953 e. The molecule has 0 aliphatic carbocycles. The van der Waals surface area contributed by atoms with E-state index in [0.717, 1.165) is 0 Å². The molecule has 1 aromatic carbocycles. The molecule has 2 N–H and O–H groups in total. The molecule has 0 saturated carbocycles. The van der Waals surface area contributed by atoms with E-state index in [1.807, 2.05) is 18.2 Å². The highest BCUT2D eigenvalue weighted by molar-refractivity contribution is 7.16. The van der Waals surface area contributed by atoms with Crippen LogP contribution in [0.25, 0.3) is 0 Å². The van der Waals surface area contributed by atoms with Gasteiger partial charge in [-0.15, -0.1) is 11.3 Å². The minimum absolute atomic E-state index is 0.618. The van der Waals surface area contributed by atoms with Crippen molar-refractivity contribution in [3.05, 3.63) is 47.3 Å². The maximum Gasteiger partial charge on any atom is 0.0953 e. The van der Waals surface area contributed by atoms with Crippen LogP contribution in [0.15, 0.2) is 42.5 Å². The van der Waals surface area contributed by atoms with Gasteiger partial charge in [0.1, 0.15) is 0 Å². The summed E-state index contributed by atoms with van der Waals surface area (Å²) in [5.74, 6) is 0. The van der Waals surface area contributed by atoms with E-state index in [2.05, 4.69) is 36.2 Å². The fraction of sp³-hybridized carbons (Fsp3) is 0.167. The van der Waals surface area contributed by atoms with Crippen LogP contribution in [-0.2, 0) is 6.54 Å². The lowest BCUT2D eigenvalue weighted by Crippen LogP contribution is -2.06. The van der Waals surface area contributed by atoms with E-state index in [1.54, 1.807) is 11.3 Å². The van der Waals surface area contributed by atoms with Gasteiger partial charge in [0.05, 0.1) is 5.00 Å². The van der Waals surface area contributed by atoms with E-state index in [-0.39, 0.29) is 0 Å². The Hall–Kier alpha value is -1.32. The minimum Gasteiger partial charge on any atom is -0.336 e. The van der Waals surface area contributed by atoms with Gasteiger partial charge in [0.25, 0.3) is 0 Å². The Balaban J connectivity index is 2.24. The molecule has 1 aromatic heterocycles. The number of thiophene rings is 1. The number of rotatable bonds is 3. The van der Waals surface area contributed by atoms with Crippen molar-refractivity contribution in [2.45, 2.75) is 6.54 Å². The molecule has 0 spiro atoms. The standard InChI is InChI=1S/C12H14N2S/c1-14(10-5-3-2-4-6-10)12-8-7-11(9-13)15-12/h2-8H,9,13H2,1H3. The Morgan fingerprint density at radius 3 is 2.47 bits per heavy atom. The van der Waals surface area contributed by atoms with E-state index in [4.69, 9.17) is 5.73 Å². The number of nitrogens with zero attached hydrogens (tertiary/aromatic N) is 1. The first kappa shape index (κ1) is 10.2. The number of anilines is 2. The lowest BCUT2D eigenvalue weighted by atomic mass is 10.3. The van der Waals surface area contributed by atoms with E-state index in [0.29, 0.717) is 6.54 Å². The third-order valence-corrected chi connectivity index (χ3v) is 3.51. The zero-order valence-corrected chi connectivity index (χ0v) is 9.50. The normalized spacial score (nSPS) is 10.3. The third-order valence-electron chi connectivity index (χ3n) is 2.32. The number of hydrogen-bond donors (Lipinski definition) is 1. The van der Waals surface area contributed by atoms with Gasteiger partial charge in [0.2, 0.25) is 0 Å². The molecular formula is C12H14N2S. The molecule has 0 radical (unpaired) electrons. The second-order valence-electron chi connectivity index (χ2n) is 3.34. The Labute approximate surface area is 94.0 Å². The Morgan fingerprint density at radius 1 is 1.13 bits per heavy atom. The molecular weight excluding hydrogens is 204 g/mol. The highest BCUT2D eigenvalue weighted by Crippen LogP contribution is 2.30. The van der Waals surface area contributed by atoms with E-state index in [9.17, 15) is 0 Å². The molecule has 0 aliphatic rings. The van der Waals surface area contributed by atoms with Gasteiger partial charge in [-0.3, -0.25) is 0 Å². The summed E-state index contributed by atoms with van der Waals surface area (Å²) in [6, 6.07) is 14.5. The summed E-state index contributed by atoms with van der Waals surface area (Å²) in [6.45, 7) is 0.618. The summed E-state index contributed by atoms with van der Waals surface area (Å²) in [4.78, 5) is 3.39. The molecule has 78 valence electrons.